The number of benzene rings is 1. The van der Waals surface area contributed by atoms with Crippen LogP contribution in [0.1, 0.15) is 12.0 Å². The molecule has 0 aliphatic carbocycles. The molecule has 2 unspecified atom stereocenters. The van der Waals surface area contributed by atoms with Crippen LogP contribution >= 0.6 is 11.6 Å². The monoisotopic (exact) mass is 508 g/mol. The number of carbonyl (C=O) groups is 2. The molecule has 2 aliphatic heterocycles. The Morgan fingerprint density at radius 2 is 2.06 bits per heavy atom. The maximum Gasteiger partial charge on any atom is 0.247 e. The average Bonchev–Trinajstić information content (AvgIpc) is 3.59. The summed E-state index contributed by atoms with van der Waals surface area (Å²) in [5, 5.41) is 14.7. The number of hydrogen-bond acceptors (Lipinski definition) is 8. The molecule has 0 spiro atoms. The van der Waals surface area contributed by atoms with Crippen molar-refractivity contribution < 1.29 is 14.3 Å². The van der Waals surface area contributed by atoms with Crippen LogP contribution in [0.3, 0.4) is 0 Å². The summed E-state index contributed by atoms with van der Waals surface area (Å²) < 4.78 is 6.97. The largest absolute Gasteiger partial charge is 0.379 e. The second kappa shape index (κ2) is 10.9. The van der Waals surface area contributed by atoms with Gasteiger partial charge in [0.15, 0.2) is 0 Å². The summed E-state index contributed by atoms with van der Waals surface area (Å²) >= 11 is 6.20. The molecule has 2 fully saturated rings. The molecule has 12 heteroatoms. The number of rotatable bonds is 6. The highest BCUT2D eigenvalue weighted by Crippen LogP contribution is 2.26. The number of carbonyl (C=O) groups excluding carboxylic acids is 2. The number of hydrogen-bond donors (Lipinski definition) is 1. The van der Waals surface area contributed by atoms with Crippen LogP contribution in [-0.2, 0) is 14.3 Å². The van der Waals surface area contributed by atoms with Crippen molar-refractivity contribution in [2.45, 2.75) is 18.5 Å². The van der Waals surface area contributed by atoms with E-state index in [1.165, 1.54) is 17.1 Å². The van der Waals surface area contributed by atoms with Crippen molar-refractivity contribution in [1.82, 2.24) is 35.0 Å². The summed E-state index contributed by atoms with van der Waals surface area (Å²) in [5.74, 6) is -0.502. The van der Waals surface area contributed by atoms with Crippen LogP contribution in [0.25, 0.3) is 11.8 Å². The summed E-state index contributed by atoms with van der Waals surface area (Å²) in [5.41, 5.74) is 1.93. The van der Waals surface area contributed by atoms with Gasteiger partial charge in [-0.2, -0.15) is 4.68 Å². The zero-order chi connectivity index (χ0) is 24.9. The predicted octanol–water partition coefficient (Wildman–Crippen LogP) is 1.66. The van der Waals surface area contributed by atoms with Crippen LogP contribution in [0.15, 0.2) is 55.1 Å². The molecule has 2 saturated heterocycles. The molecular weight excluding hydrogens is 484 g/mol. The molecule has 1 N–H and O–H groups in total. The third-order valence-corrected chi connectivity index (χ3v) is 6.58. The number of aromatic nitrogens is 5. The number of nitrogens with one attached hydrogen (secondary N) is 1. The van der Waals surface area contributed by atoms with Gasteiger partial charge >= 0.3 is 0 Å². The minimum absolute atomic E-state index is 0.0684. The number of nitrogens with zero attached hydrogens (tertiary/aromatic N) is 7. The number of tetrazole rings is 1. The van der Waals surface area contributed by atoms with E-state index in [4.69, 9.17) is 16.3 Å². The Morgan fingerprint density at radius 1 is 1.19 bits per heavy atom. The van der Waals surface area contributed by atoms with E-state index in [-0.39, 0.29) is 17.9 Å². The fourth-order valence-electron chi connectivity index (χ4n) is 4.57. The number of pyridine rings is 1. The van der Waals surface area contributed by atoms with Crippen LogP contribution in [0.2, 0.25) is 5.02 Å². The highest BCUT2D eigenvalue weighted by molar-refractivity contribution is 6.30. The van der Waals surface area contributed by atoms with Crippen molar-refractivity contribution in [3.63, 3.8) is 0 Å². The average molecular weight is 509 g/mol. The van der Waals surface area contributed by atoms with Crippen LogP contribution in [0.5, 0.6) is 0 Å². The van der Waals surface area contributed by atoms with Gasteiger partial charge in [-0.15, -0.1) is 5.10 Å². The Bertz CT molecular complexity index is 1230. The fourth-order valence-corrected chi connectivity index (χ4v) is 4.75. The van der Waals surface area contributed by atoms with E-state index in [0.29, 0.717) is 48.1 Å². The molecule has 36 heavy (non-hydrogen) atoms. The first-order valence-corrected chi connectivity index (χ1v) is 12.0. The van der Waals surface area contributed by atoms with E-state index >= 15 is 0 Å². The normalized spacial score (nSPS) is 20.6. The summed E-state index contributed by atoms with van der Waals surface area (Å²) in [6.45, 7) is 3.29. The Kier molecular flexibility index (Phi) is 7.31. The fraction of sp³-hybridized carbons (Fsp3) is 0.333. The quantitative estimate of drug-likeness (QED) is 0.499. The van der Waals surface area contributed by atoms with Crippen molar-refractivity contribution in [3.05, 3.63) is 65.7 Å². The van der Waals surface area contributed by atoms with Gasteiger partial charge in [-0.25, -0.2) is 0 Å². The first kappa shape index (κ1) is 24.0. The van der Waals surface area contributed by atoms with Gasteiger partial charge in [-0.05, 0) is 53.3 Å². The maximum absolute atomic E-state index is 13.4. The second-order valence-corrected chi connectivity index (χ2v) is 9.00. The molecule has 1 aromatic carbocycles. The second-order valence-electron chi connectivity index (χ2n) is 8.57. The molecule has 2 aliphatic rings. The lowest BCUT2D eigenvalue weighted by molar-refractivity contribution is -0.132. The van der Waals surface area contributed by atoms with Crippen LogP contribution in [0, 0.1) is 0 Å². The highest BCUT2D eigenvalue weighted by Gasteiger charge is 2.41. The topological polar surface area (TPSA) is 118 Å². The van der Waals surface area contributed by atoms with E-state index < -0.39 is 6.04 Å². The first-order valence-electron chi connectivity index (χ1n) is 11.6. The summed E-state index contributed by atoms with van der Waals surface area (Å²) in [7, 11) is 0. The summed E-state index contributed by atoms with van der Waals surface area (Å²) in [6, 6.07) is 8.20. The number of anilines is 1. The number of likely N-dealkylation sites (tertiary alicyclic amines) is 1. The molecular formula is C24H25ClN8O3. The molecule has 0 radical (unpaired) electrons. The smallest absolute Gasteiger partial charge is 0.247 e. The van der Waals surface area contributed by atoms with Crippen molar-refractivity contribution in [1.29, 1.82) is 0 Å². The van der Waals surface area contributed by atoms with Crippen molar-refractivity contribution in [3.8, 4) is 5.69 Å². The zero-order valence-corrected chi connectivity index (χ0v) is 20.2. The molecule has 0 bridgehead atoms. The van der Waals surface area contributed by atoms with E-state index in [0.717, 1.165) is 13.1 Å². The molecule has 11 nitrogen and oxygen atoms in total. The molecule has 2 aromatic heterocycles. The maximum atomic E-state index is 13.4. The first-order chi connectivity index (χ1) is 17.6. The molecule has 3 aromatic rings. The van der Waals surface area contributed by atoms with Crippen LogP contribution in [-0.4, -0.2) is 91.7 Å². The minimum atomic E-state index is -0.617. The number of amides is 2. The third kappa shape index (κ3) is 5.43. The van der Waals surface area contributed by atoms with E-state index in [1.54, 1.807) is 53.7 Å². The van der Waals surface area contributed by atoms with Gasteiger partial charge in [0, 0.05) is 48.5 Å². The lowest BCUT2D eigenvalue weighted by Crippen LogP contribution is -2.45. The Balaban J connectivity index is 1.37. The van der Waals surface area contributed by atoms with Gasteiger partial charge < -0.3 is 15.0 Å². The molecule has 0 saturated carbocycles. The number of ether oxygens (including phenoxy) is 1. The van der Waals surface area contributed by atoms with Crippen molar-refractivity contribution in [2.24, 2.45) is 0 Å². The summed E-state index contributed by atoms with van der Waals surface area (Å²) in [6.07, 6.45) is 8.36. The summed E-state index contributed by atoms with van der Waals surface area (Å²) in [4.78, 5) is 34.6. The number of morpholine rings is 1. The van der Waals surface area contributed by atoms with Crippen LogP contribution < -0.4 is 5.32 Å². The van der Waals surface area contributed by atoms with Gasteiger partial charge in [0.05, 0.1) is 30.8 Å². The Hall–Kier alpha value is -3.67. The van der Waals surface area contributed by atoms with E-state index in [9.17, 15) is 9.59 Å². The molecule has 186 valence electrons. The SMILES string of the molecule is O=C(Nc1cccnc1)C1CC(N2CCOCC2)CN1C(=O)C=Cc1cc(Cl)ccc1-n1cnnn1. The molecule has 2 atom stereocenters. The van der Waals surface area contributed by atoms with Gasteiger partial charge in [0.25, 0.3) is 0 Å². The lowest BCUT2D eigenvalue weighted by Gasteiger charge is -2.31. The molecule has 2 amide bonds. The minimum Gasteiger partial charge on any atom is -0.379 e. The third-order valence-electron chi connectivity index (χ3n) is 6.35. The molecule has 4 heterocycles. The standard InChI is InChI=1S/C24H25ClN8O3/c25-18-4-5-21(33-16-27-29-30-33)17(12-18)3-6-23(34)32-15-20(31-8-10-36-11-9-31)13-22(32)24(35)28-19-2-1-7-26-14-19/h1-7,12,14,16,20,22H,8-11,13,15H2,(H,28,35). The van der Waals surface area contributed by atoms with E-state index in [2.05, 4.69) is 30.7 Å². The van der Waals surface area contributed by atoms with Gasteiger partial charge in [0.1, 0.15) is 12.4 Å². The van der Waals surface area contributed by atoms with Gasteiger partial charge in [-0.3, -0.25) is 19.5 Å². The Morgan fingerprint density at radius 3 is 2.81 bits per heavy atom. The zero-order valence-electron chi connectivity index (χ0n) is 19.4. The van der Waals surface area contributed by atoms with Crippen molar-refractivity contribution >= 4 is 35.2 Å². The Labute approximate surface area is 212 Å². The van der Waals surface area contributed by atoms with Crippen LogP contribution in [0.4, 0.5) is 5.69 Å². The number of halogens is 1. The van der Waals surface area contributed by atoms with Gasteiger partial charge in [-0.1, -0.05) is 11.6 Å². The lowest BCUT2D eigenvalue weighted by atomic mass is 10.1. The van der Waals surface area contributed by atoms with E-state index in [1.807, 2.05) is 0 Å². The van der Waals surface area contributed by atoms with Crippen molar-refractivity contribution in [2.75, 3.05) is 38.2 Å². The van der Waals surface area contributed by atoms with Gasteiger partial charge in [0.2, 0.25) is 11.8 Å². The highest BCUT2D eigenvalue weighted by atomic mass is 35.5. The molecule has 5 rings (SSSR count). The predicted molar refractivity (Wildman–Crippen MR) is 132 cm³/mol.